The number of rotatable bonds is 2. The number of benzene rings is 2. The summed E-state index contributed by atoms with van der Waals surface area (Å²) in [7, 11) is 0. The second-order valence-electron chi connectivity index (χ2n) is 3.45. The van der Waals surface area contributed by atoms with Crippen molar-refractivity contribution in [2.45, 2.75) is 0 Å². The maximum Gasteiger partial charge on any atom is 0.249 e. The van der Waals surface area contributed by atoms with Crippen LogP contribution in [0.2, 0.25) is 0 Å². The molecule has 2 aromatic rings. The second kappa shape index (κ2) is 3.66. The molecular weight excluding hydrogens is 204 g/mol. The van der Waals surface area contributed by atoms with Crippen LogP contribution in [0.5, 0.6) is 0 Å². The molecule has 0 saturated carbocycles. The first-order valence-electron chi connectivity index (χ1n) is 4.71. The van der Waals surface area contributed by atoms with Crippen LogP contribution < -0.4 is 11.5 Å². The standard InChI is InChI=1S/C12H10N2O2/c13-10-5-4-7(6-15)11-8(10)2-1-3-9(11)12(14)16/h1-6H,13H2,(H2,14,16). The van der Waals surface area contributed by atoms with Crippen molar-refractivity contribution in [1.29, 1.82) is 0 Å². The largest absolute Gasteiger partial charge is 0.398 e. The fourth-order valence-electron chi connectivity index (χ4n) is 1.76. The third kappa shape index (κ3) is 1.40. The summed E-state index contributed by atoms with van der Waals surface area (Å²) in [5.74, 6) is -0.570. The van der Waals surface area contributed by atoms with E-state index in [2.05, 4.69) is 0 Å². The van der Waals surface area contributed by atoms with Gasteiger partial charge in [0, 0.05) is 27.6 Å². The Bertz CT molecular complexity index is 591. The Balaban J connectivity index is 2.99. The van der Waals surface area contributed by atoms with Crippen LogP contribution in [-0.4, -0.2) is 12.2 Å². The Kier molecular flexibility index (Phi) is 2.32. The summed E-state index contributed by atoms with van der Waals surface area (Å²) in [5, 5.41) is 1.19. The Labute approximate surface area is 91.8 Å². The number of fused-ring (bicyclic) bond motifs is 1. The number of aldehydes is 1. The smallest absolute Gasteiger partial charge is 0.249 e. The highest BCUT2D eigenvalue weighted by Crippen LogP contribution is 2.26. The second-order valence-corrected chi connectivity index (χ2v) is 3.45. The predicted octanol–water partition coefficient (Wildman–Crippen LogP) is 1.33. The number of primary amides is 1. The lowest BCUT2D eigenvalue weighted by Crippen LogP contribution is -2.12. The first-order valence-corrected chi connectivity index (χ1v) is 4.71. The zero-order chi connectivity index (χ0) is 11.7. The van der Waals surface area contributed by atoms with E-state index >= 15 is 0 Å². The van der Waals surface area contributed by atoms with Crippen molar-refractivity contribution in [3.05, 3.63) is 41.5 Å². The molecule has 0 unspecified atom stereocenters. The van der Waals surface area contributed by atoms with Gasteiger partial charge in [0.15, 0.2) is 6.29 Å². The van der Waals surface area contributed by atoms with E-state index in [4.69, 9.17) is 11.5 Å². The summed E-state index contributed by atoms with van der Waals surface area (Å²) in [5.41, 5.74) is 12.3. The third-order valence-corrected chi connectivity index (χ3v) is 2.50. The summed E-state index contributed by atoms with van der Waals surface area (Å²) in [4.78, 5) is 22.2. The summed E-state index contributed by atoms with van der Waals surface area (Å²) in [6, 6.07) is 8.24. The van der Waals surface area contributed by atoms with Gasteiger partial charge in [-0.1, -0.05) is 12.1 Å². The van der Waals surface area contributed by atoms with E-state index in [1.54, 1.807) is 30.3 Å². The van der Waals surface area contributed by atoms with Crippen molar-refractivity contribution in [2.24, 2.45) is 5.73 Å². The maximum atomic E-state index is 11.3. The molecule has 0 spiro atoms. The van der Waals surface area contributed by atoms with E-state index in [0.29, 0.717) is 33.9 Å². The average Bonchev–Trinajstić information content (AvgIpc) is 2.29. The van der Waals surface area contributed by atoms with Crippen molar-refractivity contribution in [2.75, 3.05) is 5.73 Å². The van der Waals surface area contributed by atoms with Gasteiger partial charge in [-0.15, -0.1) is 0 Å². The third-order valence-electron chi connectivity index (χ3n) is 2.50. The minimum absolute atomic E-state index is 0.312. The molecule has 0 saturated heterocycles. The van der Waals surface area contributed by atoms with Gasteiger partial charge in [-0.05, 0) is 18.2 Å². The Morgan fingerprint density at radius 1 is 1.19 bits per heavy atom. The molecule has 4 N–H and O–H groups in total. The zero-order valence-corrected chi connectivity index (χ0v) is 8.44. The summed E-state index contributed by atoms with van der Waals surface area (Å²) < 4.78 is 0. The minimum atomic E-state index is -0.570. The molecule has 0 aliphatic rings. The Morgan fingerprint density at radius 3 is 2.56 bits per heavy atom. The molecule has 16 heavy (non-hydrogen) atoms. The quantitative estimate of drug-likeness (QED) is 0.584. The lowest BCUT2D eigenvalue weighted by atomic mass is 9.98. The SMILES string of the molecule is NC(=O)c1cccc2c(N)ccc(C=O)c12. The monoisotopic (exact) mass is 214 g/mol. The van der Waals surface area contributed by atoms with E-state index in [-0.39, 0.29) is 0 Å². The fraction of sp³-hybridized carbons (Fsp3) is 0. The normalized spacial score (nSPS) is 10.2. The van der Waals surface area contributed by atoms with Crippen LogP contribution in [0.1, 0.15) is 20.7 Å². The lowest BCUT2D eigenvalue weighted by molar-refractivity contribution is 0.100. The van der Waals surface area contributed by atoms with E-state index < -0.39 is 5.91 Å². The molecule has 0 fully saturated rings. The van der Waals surface area contributed by atoms with Crippen LogP contribution in [-0.2, 0) is 0 Å². The van der Waals surface area contributed by atoms with E-state index in [9.17, 15) is 9.59 Å². The predicted molar refractivity (Wildman–Crippen MR) is 62.3 cm³/mol. The molecule has 2 rings (SSSR count). The summed E-state index contributed by atoms with van der Waals surface area (Å²) in [6.45, 7) is 0. The minimum Gasteiger partial charge on any atom is -0.398 e. The van der Waals surface area contributed by atoms with Gasteiger partial charge >= 0.3 is 0 Å². The van der Waals surface area contributed by atoms with Crippen LogP contribution in [0, 0.1) is 0 Å². The van der Waals surface area contributed by atoms with Crippen molar-refractivity contribution in [3.8, 4) is 0 Å². The number of nitrogen functional groups attached to an aromatic ring is 1. The Hall–Kier alpha value is -2.36. The maximum absolute atomic E-state index is 11.3. The number of nitrogens with two attached hydrogens (primary N) is 2. The van der Waals surface area contributed by atoms with Gasteiger partial charge in [0.25, 0.3) is 0 Å². The fourth-order valence-corrected chi connectivity index (χ4v) is 1.76. The van der Waals surface area contributed by atoms with E-state index in [1.807, 2.05) is 0 Å². The van der Waals surface area contributed by atoms with Gasteiger partial charge in [0.1, 0.15) is 0 Å². The number of anilines is 1. The number of hydrogen-bond acceptors (Lipinski definition) is 3. The van der Waals surface area contributed by atoms with Crippen molar-refractivity contribution < 1.29 is 9.59 Å². The highest BCUT2D eigenvalue weighted by molar-refractivity contribution is 6.14. The van der Waals surface area contributed by atoms with Gasteiger partial charge in [0.2, 0.25) is 5.91 Å². The van der Waals surface area contributed by atoms with E-state index in [0.717, 1.165) is 0 Å². The molecule has 0 aliphatic carbocycles. The molecular formula is C12H10N2O2. The molecule has 0 radical (unpaired) electrons. The number of hydrogen-bond donors (Lipinski definition) is 2. The van der Waals surface area contributed by atoms with Crippen LogP contribution in [0.3, 0.4) is 0 Å². The van der Waals surface area contributed by atoms with Crippen LogP contribution in [0.15, 0.2) is 30.3 Å². The molecule has 2 aromatic carbocycles. The van der Waals surface area contributed by atoms with Gasteiger partial charge in [-0.3, -0.25) is 9.59 Å². The van der Waals surface area contributed by atoms with Crippen molar-refractivity contribution in [3.63, 3.8) is 0 Å². The topological polar surface area (TPSA) is 86.2 Å². The molecule has 1 amide bonds. The highest BCUT2D eigenvalue weighted by Gasteiger charge is 2.11. The Morgan fingerprint density at radius 2 is 1.94 bits per heavy atom. The van der Waals surface area contributed by atoms with Gasteiger partial charge in [0.05, 0.1) is 0 Å². The van der Waals surface area contributed by atoms with Gasteiger partial charge in [-0.2, -0.15) is 0 Å². The summed E-state index contributed by atoms with van der Waals surface area (Å²) in [6.07, 6.45) is 0.689. The number of carbonyl (C=O) groups is 2. The molecule has 0 heterocycles. The van der Waals surface area contributed by atoms with Gasteiger partial charge < -0.3 is 11.5 Å². The van der Waals surface area contributed by atoms with Crippen LogP contribution in [0.4, 0.5) is 5.69 Å². The molecule has 80 valence electrons. The number of amides is 1. The van der Waals surface area contributed by atoms with Gasteiger partial charge in [-0.25, -0.2) is 0 Å². The number of carbonyl (C=O) groups excluding carboxylic acids is 2. The molecule has 0 aliphatic heterocycles. The molecule has 0 bridgehead atoms. The average molecular weight is 214 g/mol. The molecule has 0 atom stereocenters. The first kappa shape index (κ1) is 10.2. The summed E-state index contributed by atoms with van der Waals surface area (Å²) >= 11 is 0. The molecule has 4 heteroatoms. The lowest BCUT2D eigenvalue weighted by Gasteiger charge is -2.07. The molecule has 4 nitrogen and oxygen atoms in total. The van der Waals surface area contributed by atoms with E-state index in [1.165, 1.54) is 0 Å². The van der Waals surface area contributed by atoms with Crippen LogP contribution >= 0.6 is 0 Å². The van der Waals surface area contributed by atoms with Crippen molar-refractivity contribution in [1.82, 2.24) is 0 Å². The molecule has 0 aromatic heterocycles. The highest BCUT2D eigenvalue weighted by atomic mass is 16.1. The first-order chi connectivity index (χ1) is 7.65. The van der Waals surface area contributed by atoms with Crippen molar-refractivity contribution >= 4 is 28.7 Å². The van der Waals surface area contributed by atoms with Crippen LogP contribution in [0.25, 0.3) is 10.8 Å². The zero-order valence-electron chi connectivity index (χ0n) is 8.44.